The number of amides is 1. The minimum absolute atomic E-state index is 0.0672. The van der Waals surface area contributed by atoms with Gasteiger partial charge in [-0.25, -0.2) is 0 Å². The summed E-state index contributed by atoms with van der Waals surface area (Å²) in [5.41, 5.74) is 2.05. The highest BCUT2D eigenvalue weighted by atomic mass is 16.6. The third-order valence-corrected chi connectivity index (χ3v) is 7.14. The summed E-state index contributed by atoms with van der Waals surface area (Å²) >= 11 is 0. The first-order chi connectivity index (χ1) is 16.1. The van der Waals surface area contributed by atoms with Gasteiger partial charge in [-0.15, -0.1) is 0 Å². The monoisotopic (exact) mass is 450 g/mol. The molecule has 2 aromatic carbocycles. The van der Waals surface area contributed by atoms with E-state index in [9.17, 15) is 14.9 Å². The molecule has 3 aliphatic rings. The number of nitrogens with zero attached hydrogens (tertiary/aromatic N) is 4. The Labute approximate surface area is 193 Å². The van der Waals surface area contributed by atoms with Gasteiger partial charge in [-0.1, -0.05) is 18.2 Å². The zero-order valence-electron chi connectivity index (χ0n) is 18.8. The van der Waals surface area contributed by atoms with Crippen LogP contribution in [-0.4, -0.2) is 72.5 Å². The van der Waals surface area contributed by atoms with Crippen molar-refractivity contribution in [1.29, 1.82) is 0 Å². The van der Waals surface area contributed by atoms with E-state index in [2.05, 4.69) is 9.80 Å². The molecule has 5 rings (SSSR count). The fourth-order valence-corrected chi connectivity index (χ4v) is 5.45. The number of piperazine rings is 1. The SMILES string of the molecule is O=C(C1Cc2cc([N+](=O)[O-])ccc2N2CCN(CCOc3ccccc3)CC12)N1CCCC1. The minimum Gasteiger partial charge on any atom is -0.492 e. The van der Waals surface area contributed by atoms with Crippen LogP contribution < -0.4 is 9.64 Å². The van der Waals surface area contributed by atoms with E-state index in [1.807, 2.05) is 41.3 Å². The fourth-order valence-electron chi connectivity index (χ4n) is 5.45. The van der Waals surface area contributed by atoms with Gasteiger partial charge in [0.15, 0.2) is 0 Å². The van der Waals surface area contributed by atoms with Gasteiger partial charge in [-0.05, 0) is 43.0 Å². The molecule has 0 saturated carbocycles. The summed E-state index contributed by atoms with van der Waals surface area (Å²) in [6, 6.07) is 15.0. The second kappa shape index (κ2) is 9.39. The number of ether oxygens (including phenoxy) is 1. The average Bonchev–Trinajstić information content (AvgIpc) is 3.38. The molecule has 0 aliphatic carbocycles. The third-order valence-electron chi connectivity index (χ3n) is 7.14. The van der Waals surface area contributed by atoms with Crippen molar-refractivity contribution in [3.05, 3.63) is 64.2 Å². The number of nitro groups is 1. The Morgan fingerprint density at radius 1 is 1.06 bits per heavy atom. The molecule has 2 aromatic rings. The maximum absolute atomic E-state index is 13.5. The fraction of sp³-hybridized carbons (Fsp3) is 0.480. The van der Waals surface area contributed by atoms with Crippen molar-refractivity contribution in [2.45, 2.75) is 25.3 Å². The molecule has 3 aliphatic heterocycles. The lowest BCUT2D eigenvalue weighted by atomic mass is 9.83. The molecule has 1 amide bonds. The predicted molar refractivity (Wildman–Crippen MR) is 126 cm³/mol. The Kier molecular flexibility index (Phi) is 6.17. The van der Waals surface area contributed by atoms with Crippen LogP contribution in [-0.2, 0) is 11.2 Å². The van der Waals surface area contributed by atoms with Gasteiger partial charge in [0.1, 0.15) is 12.4 Å². The van der Waals surface area contributed by atoms with Crippen molar-refractivity contribution < 1.29 is 14.5 Å². The molecule has 3 heterocycles. The summed E-state index contributed by atoms with van der Waals surface area (Å²) in [7, 11) is 0. The van der Waals surface area contributed by atoms with Crippen LogP contribution in [0.4, 0.5) is 11.4 Å². The van der Waals surface area contributed by atoms with Gasteiger partial charge in [0, 0.05) is 57.1 Å². The summed E-state index contributed by atoms with van der Waals surface area (Å²) in [4.78, 5) is 31.2. The number of non-ortho nitro benzene ring substituents is 1. The van der Waals surface area contributed by atoms with Crippen molar-refractivity contribution in [3.8, 4) is 5.75 Å². The van der Waals surface area contributed by atoms with Gasteiger partial charge in [-0.3, -0.25) is 19.8 Å². The minimum atomic E-state index is -0.353. The molecule has 0 bridgehead atoms. The number of carbonyl (C=O) groups is 1. The number of benzene rings is 2. The molecular weight excluding hydrogens is 420 g/mol. The molecular formula is C25H30N4O4. The summed E-state index contributed by atoms with van der Waals surface area (Å²) < 4.78 is 5.90. The van der Waals surface area contributed by atoms with E-state index in [4.69, 9.17) is 4.74 Å². The quantitative estimate of drug-likeness (QED) is 0.497. The number of fused-ring (bicyclic) bond motifs is 3. The standard InChI is InChI=1S/C25H30N4O4/c30-25(27-10-4-5-11-27)22-17-19-16-20(29(31)32)8-9-23(19)28-13-12-26(18-24(22)28)14-15-33-21-6-2-1-3-7-21/h1-3,6-9,16,22,24H,4-5,10-15,17-18H2. The molecule has 8 nitrogen and oxygen atoms in total. The Morgan fingerprint density at radius 3 is 2.61 bits per heavy atom. The van der Waals surface area contributed by atoms with Crippen LogP contribution in [0.5, 0.6) is 5.75 Å². The molecule has 0 N–H and O–H groups in total. The van der Waals surface area contributed by atoms with Gasteiger partial charge < -0.3 is 14.5 Å². The first-order valence-corrected chi connectivity index (χ1v) is 11.8. The summed E-state index contributed by atoms with van der Waals surface area (Å²) in [6.45, 7) is 5.50. The lowest BCUT2D eigenvalue weighted by Gasteiger charge is -2.49. The van der Waals surface area contributed by atoms with E-state index in [0.29, 0.717) is 13.0 Å². The van der Waals surface area contributed by atoms with E-state index in [0.717, 1.165) is 69.1 Å². The van der Waals surface area contributed by atoms with Crippen LogP contribution in [0.15, 0.2) is 48.5 Å². The van der Waals surface area contributed by atoms with E-state index in [1.54, 1.807) is 12.1 Å². The molecule has 2 atom stereocenters. The number of hydrogen-bond acceptors (Lipinski definition) is 6. The van der Waals surface area contributed by atoms with Crippen molar-refractivity contribution in [3.63, 3.8) is 0 Å². The first-order valence-electron chi connectivity index (χ1n) is 11.8. The number of anilines is 1. The van der Waals surface area contributed by atoms with Crippen LogP contribution in [0.3, 0.4) is 0 Å². The third kappa shape index (κ3) is 4.53. The zero-order chi connectivity index (χ0) is 22.8. The molecule has 0 aromatic heterocycles. The van der Waals surface area contributed by atoms with E-state index >= 15 is 0 Å². The average molecular weight is 451 g/mol. The maximum Gasteiger partial charge on any atom is 0.269 e. The molecule has 0 radical (unpaired) electrons. The van der Waals surface area contributed by atoms with Gasteiger partial charge in [0.05, 0.1) is 16.9 Å². The van der Waals surface area contributed by atoms with Gasteiger partial charge in [0.25, 0.3) is 5.69 Å². The molecule has 8 heteroatoms. The summed E-state index contributed by atoms with van der Waals surface area (Å²) in [5.74, 6) is 0.879. The highest BCUT2D eigenvalue weighted by molar-refractivity contribution is 5.82. The van der Waals surface area contributed by atoms with Gasteiger partial charge >= 0.3 is 0 Å². The Balaban J connectivity index is 1.34. The second-order valence-corrected chi connectivity index (χ2v) is 9.14. The highest BCUT2D eigenvalue weighted by Gasteiger charge is 2.43. The summed E-state index contributed by atoms with van der Waals surface area (Å²) in [6.07, 6.45) is 2.66. The largest absolute Gasteiger partial charge is 0.492 e. The van der Waals surface area contributed by atoms with E-state index < -0.39 is 0 Å². The first kappa shape index (κ1) is 21.7. The Bertz CT molecular complexity index is 1010. The highest BCUT2D eigenvalue weighted by Crippen LogP contribution is 2.38. The number of para-hydroxylation sites is 1. The Morgan fingerprint density at radius 2 is 1.85 bits per heavy atom. The normalized spacial score (nSPS) is 22.5. The molecule has 2 fully saturated rings. The lowest BCUT2D eigenvalue weighted by Crippen LogP contribution is -2.61. The van der Waals surface area contributed by atoms with Crippen molar-refractivity contribution >= 4 is 17.3 Å². The summed E-state index contributed by atoms with van der Waals surface area (Å²) in [5, 5.41) is 11.3. The van der Waals surface area contributed by atoms with Crippen molar-refractivity contribution in [1.82, 2.24) is 9.80 Å². The van der Waals surface area contributed by atoms with Crippen LogP contribution in [0.2, 0.25) is 0 Å². The molecule has 2 saturated heterocycles. The van der Waals surface area contributed by atoms with Crippen molar-refractivity contribution in [2.75, 3.05) is 50.8 Å². The molecule has 0 spiro atoms. The molecule has 174 valence electrons. The number of carbonyl (C=O) groups excluding carboxylic acids is 1. The zero-order valence-corrected chi connectivity index (χ0v) is 18.8. The van der Waals surface area contributed by atoms with Crippen LogP contribution in [0, 0.1) is 16.0 Å². The Hall–Kier alpha value is -3.13. The molecule has 33 heavy (non-hydrogen) atoms. The number of nitro benzene ring substituents is 1. The van der Waals surface area contributed by atoms with Crippen LogP contribution in [0.25, 0.3) is 0 Å². The van der Waals surface area contributed by atoms with E-state index in [-0.39, 0.29) is 28.5 Å². The second-order valence-electron chi connectivity index (χ2n) is 9.14. The smallest absolute Gasteiger partial charge is 0.269 e. The number of rotatable bonds is 6. The maximum atomic E-state index is 13.5. The predicted octanol–water partition coefficient (Wildman–Crippen LogP) is 2.96. The van der Waals surface area contributed by atoms with Crippen molar-refractivity contribution in [2.24, 2.45) is 5.92 Å². The van der Waals surface area contributed by atoms with Gasteiger partial charge in [0.2, 0.25) is 5.91 Å². The topological polar surface area (TPSA) is 79.2 Å². The molecule has 2 unspecified atom stereocenters. The van der Waals surface area contributed by atoms with Crippen LogP contribution >= 0.6 is 0 Å². The van der Waals surface area contributed by atoms with Crippen LogP contribution in [0.1, 0.15) is 18.4 Å². The number of hydrogen-bond donors (Lipinski definition) is 0. The number of likely N-dealkylation sites (tertiary alicyclic amines) is 1. The van der Waals surface area contributed by atoms with Gasteiger partial charge in [-0.2, -0.15) is 0 Å². The van der Waals surface area contributed by atoms with E-state index in [1.165, 1.54) is 0 Å². The lowest BCUT2D eigenvalue weighted by molar-refractivity contribution is -0.384.